The van der Waals surface area contributed by atoms with Crippen LogP contribution in [-0.4, -0.2) is 47.5 Å². The predicted molar refractivity (Wildman–Crippen MR) is 124 cm³/mol. The van der Waals surface area contributed by atoms with Gasteiger partial charge in [-0.05, 0) is 51.2 Å². The van der Waals surface area contributed by atoms with Crippen molar-refractivity contribution in [3.8, 4) is 0 Å². The van der Waals surface area contributed by atoms with E-state index in [1.165, 1.54) is 4.68 Å². The zero-order valence-corrected chi connectivity index (χ0v) is 19.2. The predicted octanol–water partition coefficient (Wildman–Crippen LogP) is 5.97. The molecule has 0 atom stereocenters. The molecular formula is C24H34F3N3O. The van der Waals surface area contributed by atoms with Crippen molar-refractivity contribution in [1.82, 2.24) is 14.7 Å². The van der Waals surface area contributed by atoms with Gasteiger partial charge in [-0.2, -0.15) is 18.3 Å². The molecule has 0 spiro atoms. The molecule has 0 bridgehead atoms. The number of hydrogen-bond donors (Lipinski definition) is 1. The third-order valence-corrected chi connectivity index (χ3v) is 3.71. The van der Waals surface area contributed by atoms with E-state index in [0.29, 0.717) is 17.8 Å². The van der Waals surface area contributed by atoms with Crippen molar-refractivity contribution in [2.75, 3.05) is 27.7 Å². The number of alkyl halides is 3. The van der Waals surface area contributed by atoms with Crippen LogP contribution in [0.15, 0.2) is 66.3 Å². The first kappa shape index (κ1) is 28.4. The van der Waals surface area contributed by atoms with Gasteiger partial charge in [-0.3, -0.25) is 0 Å². The van der Waals surface area contributed by atoms with Crippen LogP contribution in [-0.2, 0) is 6.18 Å². The average Bonchev–Trinajstić information content (AvgIpc) is 2.98. The Morgan fingerprint density at radius 1 is 1.23 bits per heavy atom. The lowest BCUT2D eigenvalue weighted by atomic mass is 10.2. The quantitative estimate of drug-likeness (QED) is 0.558. The molecule has 1 heterocycles. The van der Waals surface area contributed by atoms with E-state index < -0.39 is 11.9 Å². The molecule has 0 saturated carbocycles. The Bertz CT molecular complexity index is 824. The largest absolute Gasteiger partial charge is 0.435 e. The fourth-order valence-electron chi connectivity index (χ4n) is 2.60. The Kier molecular flexibility index (Phi) is 13.9. The van der Waals surface area contributed by atoms with E-state index in [0.717, 1.165) is 25.3 Å². The number of likely N-dealkylation sites (N-methyl/N-ethyl adjacent to an activating group) is 1. The first-order chi connectivity index (χ1) is 14.8. The van der Waals surface area contributed by atoms with Gasteiger partial charge in [0.25, 0.3) is 0 Å². The highest BCUT2D eigenvalue weighted by Gasteiger charge is 2.34. The van der Waals surface area contributed by atoms with Gasteiger partial charge in [-0.1, -0.05) is 62.5 Å². The summed E-state index contributed by atoms with van der Waals surface area (Å²) in [4.78, 5) is 2.03. The molecule has 1 aromatic rings. The van der Waals surface area contributed by atoms with Crippen molar-refractivity contribution in [1.29, 1.82) is 0 Å². The zero-order valence-electron chi connectivity index (χ0n) is 19.2. The molecule has 0 aliphatic heterocycles. The molecule has 0 amide bonds. The maximum atomic E-state index is 13.1. The topological polar surface area (TPSA) is 41.3 Å². The Balaban J connectivity index is 0.00000212. The van der Waals surface area contributed by atoms with Crippen LogP contribution >= 0.6 is 0 Å². The van der Waals surface area contributed by atoms with Crippen LogP contribution in [0.4, 0.5) is 13.2 Å². The number of allylic oxidation sites excluding steroid dienone is 9. The molecule has 31 heavy (non-hydrogen) atoms. The summed E-state index contributed by atoms with van der Waals surface area (Å²) in [5, 5.41) is 10.8. The summed E-state index contributed by atoms with van der Waals surface area (Å²) >= 11 is 0. The van der Waals surface area contributed by atoms with E-state index in [2.05, 4.69) is 5.10 Å². The number of aromatic nitrogens is 2. The minimum absolute atomic E-state index is 0.376. The second-order valence-electron chi connectivity index (χ2n) is 6.35. The highest BCUT2D eigenvalue weighted by Crippen LogP contribution is 2.30. The van der Waals surface area contributed by atoms with Gasteiger partial charge in [0.1, 0.15) is 0 Å². The van der Waals surface area contributed by atoms with Gasteiger partial charge in [0.15, 0.2) is 5.69 Å². The van der Waals surface area contributed by atoms with Gasteiger partial charge in [0.2, 0.25) is 0 Å². The summed E-state index contributed by atoms with van der Waals surface area (Å²) in [6.07, 6.45) is 14.5. The van der Waals surface area contributed by atoms with Gasteiger partial charge < -0.3 is 10.0 Å². The molecule has 0 aromatic carbocycles. The number of rotatable bonds is 6. The summed E-state index contributed by atoms with van der Waals surface area (Å²) in [5.41, 5.74) is 1.14. The molecular weight excluding hydrogens is 403 g/mol. The first-order valence-corrected chi connectivity index (χ1v) is 10.1. The fraction of sp³-hybridized carbons (Fsp3) is 0.375. The van der Waals surface area contributed by atoms with E-state index in [9.17, 15) is 13.2 Å². The van der Waals surface area contributed by atoms with Gasteiger partial charge in [-0.15, -0.1) is 0 Å². The molecule has 1 N–H and O–H groups in total. The van der Waals surface area contributed by atoms with Gasteiger partial charge in [0, 0.05) is 13.7 Å². The van der Waals surface area contributed by atoms with Crippen molar-refractivity contribution >= 4 is 11.8 Å². The number of aliphatic hydroxyl groups is 1. The lowest BCUT2D eigenvalue weighted by Crippen LogP contribution is -2.14. The zero-order chi connectivity index (χ0) is 23.9. The summed E-state index contributed by atoms with van der Waals surface area (Å²) < 4.78 is 40.8. The second kappa shape index (κ2) is 15.2. The summed E-state index contributed by atoms with van der Waals surface area (Å²) in [6, 6.07) is 1.07. The van der Waals surface area contributed by atoms with Gasteiger partial charge in [-0.25, -0.2) is 4.68 Å². The van der Waals surface area contributed by atoms with Crippen LogP contribution in [0.25, 0.3) is 11.8 Å². The van der Waals surface area contributed by atoms with Crippen molar-refractivity contribution < 1.29 is 18.3 Å². The minimum Gasteiger partial charge on any atom is -0.400 e. The van der Waals surface area contributed by atoms with Crippen LogP contribution in [0.2, 0.25) is 0 Å². The van der Waals surface area contributed by atoms with E-state index in [1.54, 1.807) is 24.3 Å². The minimum atomic E-state index is -4.49. The summed E-state index contributed by atoms with van der Waals surface area (Å²) in [5.74, 6) is 0. The average molecular weight is 438 g/mol. The standard InChI is InChI=1S/C21H24F3N3.C2H6.CH4O/c1-4-10-17(16-26(2)3)11-9-14-19-15-20(21(22,23)24)25-27(19)18-12-7-5-6-8-13-18;2*1-2/h4-7,9-15H,8,16H2,1-3H3;1-2H3;2H,1H3/b10-4-,14-9+,17-11+;;. The van der Waals surface area contributed by atoms with Crippen LogP contribution in [0.1, 0.15) is 38.6 Å². The molecule has 1 aromatic heterocycles. The van der Waals surface area contributed by atoms with E-state index in [-0.39, 0.29) is 0 Å². The van der Waals surface area contributed by atoms with Crippen LogP contribution in [0.3, 0.4) is 0 Å². The lowest BCUT2D eigenvalue weighted by molar-refractivity contribution is -0.141. The number of halogens is 3. The van der Waals surface area contributed by atoms with Crippen molar-refractivity contribution in [2.45, 2.75) is 33.4 Å². The monoisotopic (exact) mass is 437 g/mol. The molecule has 4 nitrogen and oxygen atoms in total. The second-order valence-corrected chi connectivity index (χ2v) is 6.35. The van der Waals surface area contributed by atoms with Gasteiger partial charge in [0.05, 0.1) is 11.4 Å². The lowest BCUT2D eigenvalue weighted by Gasteiger charge is -2.09. The highest BCUT2D eigenvalue weighted by atomic mass is 19.4. The molecule has 172 valence electrons. The molecule has 1 aliphatic rings. The van der Waals surface area contributed by atoms with E-state index in [1.807, 2.05) is 76.2 Å². The van der Waals surface area contributed by atoms with Crippen molar-refractivity contribution in [3.63, 3.8) is 0 Å². The summed E-state index contributed by atoms with van der Waals surface area (Å²) in [6.45, 7) is 6.66. The highest BCUT2D eigenvalue weighted by molar-refractivity contribution is 5.63. The molecule has 1 aliphatic carbocycles. The van der Waals surface area contributed by atoms with Crippen LogP contribution in [0, 0.1) is 0 Å². The fourth-order valence-corrected chi connectivity index (χ4v) is 2.60. The van der Waals surface area contributed by atoms with Crippen molar-refractivity contribution in [3.05, 3.63) is 77.7 Å². The third-order valence-electron chi connectivity index (χ3n) is 3.71. The molecule has 2 rings (SSSR count). The van der Waals surface area contributed by atoms with E-state index in [4.69, 9.17) is 5.11 Å². The van der Waals surface area contributed by atoms with Crippen LogP contribution in [0.5, 0.6) is 0 Å². The number of nitrogens with zero attached hydrogens (tertiary/aromatic N) is 3. The Hall–Kier alpha value is -2.64. The van der Waals surface area contributed by atoms with Gasteiger partial charge >= 0.3 is 6.18 Å². The third kappa shape index (κ3) is 10.3. The SMILES string of the molecule is CC.CO.C\C=C/C(=C\C=C\c1cc(C(F)(F)F)nn1C1=CCC=CC=C1)CN(C)C. The molecule has 0 fully saturated rings. The Morgan fingerprint density at radius 3 is 2.48 bits per heavy atom. The normalized spacial score (nSPS) is 14.3. The Labute approximate surface area is 184 Å². The van der Waals surface area contributed by atoms with Crippen LogP contribution < -0.4 is 0 Å². The summed E-state index contributed by atoms with van der Waals surface area (Å²) in [7, 11) is 4.93. The molecule has 0 radical (unpaired) electrons. The molecule has 7 heteroatoms. The molecule has 0 saturated heterocycles. The molecule has 0 unspecified atom stereocenters. The number of aliphatic hydroxyl groups excluding tert-OH is 1. The number of hydrogen-bond acceptors (Lipinski definition) is 3. The van der Waals surface area contributed by atoms with E-state index >= 15 is 0 Å². The smallest absolute Gasteiger partial charge is 0.400 e. The first-order valence-electron chi connectivity index (χ1n) is 10.1. The van der Waals surface area contributed by atoms with Crippen molar-refractivity contribution in [2.24, 2.45) is 0 Å². The Morgan fingerprint density at radius 2 is 1.90 bits per heavy atom. The maximum absolute atomic E-state index is 13.1. The maximum Gasteiger partial charge on any atom is 0.435 e.